The Morgan fingerprint density at radius 1 is 0.881 bits per heavy atom. The highest BCUT2D eigenvalue weighted by Gasteiger charge is 2.27. The first-order valence-corrected chi connectivity index (χ1v) is 16.6. The number of unbranched alkanes of at least 4 members (excludes halogenated alkanes) is 5. The number of hydrogen-bond donors (Lipinski definition) is 0. The van der Waals surface area contributed by atoms with Gasteiger partial charge in [-0.15, -0.1) is 9.24 Å². The van der Waals surface area contributed by atoms with Crippen LogP contribution in [0.1, 0.15) is 102 Å². The SMILES string of the molecule is CCCCCCCCN1c2ccc(/C(=C/c3c(C)c(F)c(F)c(F)c3P)C(C)C)cc2Sc2cc(C(C)(C)C)ccc21. The molecule has 0 spiro atoms. The lowest BCUT2D eigenvalue weighted by molar-refractivity contribution is 0.447. The second-order valence-corrected chi connectivity index (χ2v) is 14.4. The van der Waals surface area contributed by atoms with E-state index in [1.807, 2.05) is 6.08 Å². The van der Waals surface area contributed by atoms with Crippen molar-refractivity contribution in [3.05, 3.63) is 76.1 Å². The molecule has 0 saturated carbocycles. The molecule has 42 heavy (non-hydrogen) atoms. The number of benzene rings is 3. The quantitative estimate of drug-likeness (QED) is 0.0971. The Kier molecular flexibility index (Phi) is 10.6. The van der Waals surface area contributed by atoms with Gasteiger partial charge in [-0.25, -0.2) is 13.2 Å². The highest BCUT2D eigenvalue weighted by Crippen LogP contribution is 2.50. The van der Waals surface area contributed by atoms with Gasteiger partial charge < -0.3 is 4.90 Å². The molecule has 1 nitrogen and oxygen atoms in total. The Labute approximate surface area is 257 Å². The molecule has 0 aliphatic carbocycles. The third-order valence-electron chi connectivity index (χ3n) is 8.22. The molecule has 226 valence electrons. The first-order chi connectivity index (χ1) is 19.8. The zero-order valence-corrected chi connectivity index (χ0v) is 28.1. The van der Waals surface area contributed by atoms with Crippen LogP contribution in [0.15, 0.2) is 46.2 Å². The number of rotatable bonds is 10. The van der Waals surface area contributed by atoms with E-state index in [1.54, 1.807) is 11.8 Å². The summed E-state index contributed by atoms with van der Waals surface area (Å²) in [7, 11) is 2.26. The number of hydrogen-bond acceptors (Lipinski definition) is 2. The third kappa shape index (κ3) is 6.94. The van der Waals surface area contributed by atoms with Gasteiger partial charge in [-0.3, -0.25) is 0 Å². The average Bonchev–Trinajstić information content (AvgIpc) is 2.95. The van der Waals surface area contributed by atoms with Crippen molar-refractivity contribution in [3.63, 3.8) is 0 Å². The van der Waals surface area contributed by atoms with Crippen molar-refractivity contribution in [2.45, 2.75) is 102 Å². The summed E-state index contributed by atoms with van der Waals surface area (Å²) in [6.07, 6.45) is 9.27. The van der Waals surface area contributed by atoms with E-state index in [9.17, 15) is 13.2 Å². The van der Waals surface area contributed by atoms with Crippen LogP contribution in [-0.4, -0.2) is 6.54 Å². The Morgan fingerprint density at radius 2 is 1.50 bits per heavy atom. The summed E-state index contributed by atoms with van der Waals surface area (Å²) in [5, 5.41) is 0.0469. The molecule has 4 rings (SSSR count). The van der Waals surface area contributed by atoms with Crippen LogP contribution >= 0.6 is 21.0 Å². The first kappa shape index (κ1) is 32.7. The fourth-order valence-electron chi connectivity index (χ4n) is 5.57. The van der Waals surface area contributed by atoms with E-state index >= 15 is 0 Å². The summed E-state index contributed by atoms with van der Waals surface area (Å²) in [4.78, 5) is 4.88. The monoisotopic (exact) mass is 611 g/mol. The van der Waals surface area contributed by atoms with Gasteiger partial charge in [0.2, 0.25) is 0 Å². The molecule has 0 amide bonds. The molecule has 0 saturated heterocycles. The standard InChI is InChI=1S/C36H45F3NPS/c1-8-9-10-11-12-13-18-40-28-16-14-24(19-30(28)42-31-20-25(36(5,6)7)15-17-29(31)40)26(22(2)3)21-27-23(4)32(37)33(38)34(39)35(27)41/h14-17,19-22H,8-13,18,41H2,1-7H3/b26-21+. The molecule has 1 unspecified atom stereocenters. The van der Waals surface area contributed by atoms with Gasteiger partial charge >= 0.3 is 0 Å². The molecule has 3 aromatic rings. The minimum atomic E-state index is -1.43. The lowest BCUT2D eigenvalue weighted by atomic mass is 9.87. The summed E-state index contributed by atoms with van der Waals surface area (Å²) in [6.45, 7) is 15.6. The number of halogens is 3. The lowest BCUT2D eigenvalue weighted by Crippen LogP contribution is -2.23. The van der Waals surface area contributed by atoms with E-state index in [0.717, 1.165) is 24.1 Å². The van der Waals surface area contributed by atoms with E-state index in [-0.39, 0.29) is 22.2 Å². The molecular formula is C36H45F3NPS. The highest BCUT2D eigenvalue weighted by molar-refractivity contribution is 7.99. The van der Waals surface area contributed by atoms with Crippen LogP contribution in [0.5, 0.6) is 0 Å². The highest BCUT2D eigenvalue weighted by atomic mass is 32.2. The van der Waals surface area contributed by atoms with Crippen molar-refractivity contribution in [2.75, 3.05) is 11.4 Å². The minimum absolute atomic E-state index is 0.0445. The van der Waals surface area contributed by atoms with Crippen LogP contribution in [0.4, 0.5) is 24.5 Å². The van der Waals surface area contributed by atoms with Gasteiger partial charge in [0.15, 0.2) is 17.5 Å². The molecule has 0 radical (unpaired) electrons. The Balaban J connectivity index is 1.76. The van der Waals surface area contributed by atoms with Gasteiger partial charge in [-0.05, 0) is 82.8 Å². The van der Waals surface area contributed by atoms with Gasteiger partial charge in [0.1, 0.15) is 0 Å². The number of nitrogens with zero attached hydrogens (tertiary/aromatic N) is 1. The predicted molar refractivity (Wildman–Crippen MR) is 179 cm³/mol. The van der Waals surface area contributed by atoms with Crippen molar-refractivity contribution in [2.24, 2.45) is 5.92 Å². The smallest absolute Gasteiger partial charge is 0.195 e. The summed E-state index contributed by atoms with van der Waals surface area (Å²) >= 11 is 1.79. The number of allylic oxidation sites excluding steroid dienone is 1. The van der Waals surface area contributed by atoms with E-state index < -0.39 is 17.5 Å². The van der Waals surface area contributed by atoms with Crippen LogP contribution in [0.3, 0.4) is 0 Å². The van der Waals surface area contributed by atoms with Crippen molar-refractivity contribution in [1.82, 2.24) is 0 Å². The fraction of sp³-hybridized carbons (Fsp3) is 0.444. The average molecular weight is 612 g/mol. The normalized spacial score (nSPS) is 13.5. The molecule has 0 N–H and O–H groups in total. The van der Waals surface area contributed by atoms with Crippen molar-refractivity contribution in [1.29, 1.82) is 0 Å². The van der Waals surface area contributed by atoms with Crippen molar-refractivity contribution in [3.8, 4) is 0 Å². The maximum Gasteiger partial charge on any atom is 0.195 e. The Morgan fingerprint density at radius 3 is 2.14 bits per heavy atom. The van der Waals surface area contributed by atoms with Crippen molar-refractivity contribution < 1.29 is 13.2 Å². The van der Waals surface area contributed by atoms with Crippen molar-refractivity contribution >= 4 is 49.3 Å². The predicted octanol–water partition coefficient (Wildman–Crippen LogP) is 11.4. The lowest BCUT2D eigenvalue weighted by Gasteiger charge is -2.34. The minimum Gasteiger partial charge on any atom is -0.340 e. The Bertz CT molecular complexity index is 1440. The maximum atomic E-state index is 14.5. The van der Waals surface area contributed by atoms with Crippen LogP contribution < -0.4 is 10.2 Å². The second kappa shape index (κ2) is 13.6. The second-order valence-electron chi connectivity index (χ2n) is 12.8. The third-order valence-corrected chi connectivity index (χ3v) is 9.88. The maximum absolute atomic E-state index is 14.5. The van der Waals surface area contributed by atoms with Gasteiger partial charge in [0.25, 0.3) is 0 Å². The molecule has 3 aromatic carbocycles. The summed E-state index contributed by atoms with van der Waals surface area (Å²) in [5.74, 6) is -3.64. The summed E-state index contributed by atoms with van der Waals surface area (Å²) in [5.41, 5.74) is 6.23. The largest absolute Gasteiger partial charge is 0.340 e. The van der Waals surface area contributed by atoms with Crippen LogP contribution in [0.25, 0.3) is 11.6 Å². The molecule has 1 heterocycles. The van der Waals surface area contributed by atoms with E-state index in [4.69, 9.17) is 0 Å². The number of anilines is 2. The van der Waals surface area contributed by atoms with Gasteiger partial charge in [0, 0.05) is 21.6 Å². The molecule has 0 fully saturated rings. The summed E-state index contributed by atoms with van der Waals surface area (Å²) in [6, 6.07) is 13.4. The fourth-order valence-corrected chi connectivity index (χ4v) is 7.17. The van der Waals surface area contributed by atoms with E-state index in [2.05, 4.69) is 92.1 Å². The van der Waals surface area contributed by atoms with E-state index in [1.165, 1.54) is 65.8 Å². The molecule has 6 heteroatoms. The molecule has 1 aliphatic rings. The molecule has 0 aromatic heterocycles. The zero-order valence-electron chi connectivity index (χ0n) is 26.1. The van der Waals surface area contributed by atoms with Gasteiger partial charge in [0.05, 0.1) is 11.4 Å². The molecular weight excluding hydrogens is 566 g/mol. The molecule has 1 aliphatic heterocycles. The van der Waals surface area contributed by atoms with Gasteiger partial charge in [-0.2, -0.15) is 0 Å². The first-order valence-electron chi connectivity index (χ1n) is 15.2. The van der Waals surface area contributed by atoms with E-state index in [0.29, 0.717) is 5.56 Å². The van der Waals surface area contributed by atoms with Crippen LogP contribution in [-0.2, 0) is 5.41 Å². The zero-order chi connectivity index (χ0) is 30.8. The summed E-state index contributed by atoms with van der Waals surface area (Å²) < 4.78 is 43.1. The topological polar surface area (TPSA) is 3.24 Å². The van der Waals surface area contributed by atoms with Crippen LogP contribution in [0, 0.1) is 30.3 Å². The Hall–Kier alpha value is -2.23. The number of fused-ring (bicyclic) bond motifs is 2. The molecule has 0 bridgehead atoms. The van der Waals surface area contributed by atoms with Gasteiger partial charge in [-0.1, -0.05) is 97.5 Å². The van der Waals surface area contributed by atoms with Crippen LogP contribution in [0.2, 0.25) is 0 Å². The molecule has 1 atom stereocenters.